The van der Waals surface area contributed by atoms with Crippen molar-refractivity contribution >= 4 is 28.1 Å². The minimum atomic E-state index is -4.41. The Kier molecular flexibility index (Phi) is 2.93. The van der Waals surface area contributed by atoms with Gasteiger partial charge in [0.1, 0.15) is 4.32 Å². The Labute approximate surface area is 83.3 Å². The molecule has 0 aromatic heterocycles. The van der Waals surface area contributed by atoms with Crippen LogP contribution >= 0.6 is 23.8 Å². The van der Waals surface area contributed by atoms with Gasteiger partial charge in [-0.15, -0.1) is 0 Å². The molecule has 0 heterocycles. The molecule has 0 N–H and O–H groups in total. The van der Waals surface area contributed by atoms with Gasteiger partial charge in [-0.1, -0.05) is 42.0 Å². The molecule has 5 heteroatoms. The number of hydrogen-bond donors (Lipinski definition) is 0. The Balaban J connectivity index is 3.28. The highest BCUT2D eigenvalue weighted by molar-refractivity contribution is 7.83. The van der Waals surface area contributed by atoms with E-state index >= 15 is 0 Å². The van der Waals surface area contributed by atoms with Gasteiger partial charge in [0, 0.05) is 5.56 Å². The molecule has 0 unspecified atom stereocenters. The van der Waals surface area contributed by atoms with Gasteiger partial charge in [0.25, 0.3) is 0 Å². The molecule has 70 valence electrons. The van der Waals surface area contributed by atoms with Gasteiger partial charge in [0.05, 0.1) is 5.56 Å². The van der Waals surface area contributed by atoms with E-state index < -0.39 is 11.7 Å². The predicted octanol–water partition coefficient (Wildman–Crippen LogP) is 3.62. The van der Waals surface area contributed by atoms with Gasteiger partial charge in [-0.25, -0.2) is 0 Å². The summed E-state index contributed by atoms with van der Waals surface area (Å²) in [6, 6.07) is 4.95. The Hall–Kier alpha value is -0.610. The van der Waals surface area contributed by atoms with E-state index in [4.69, 9.17) is 11.6 Å². The lowest BCUT2D eigenvalue weighted by Gasteiger charge is -2.10. The zero-order valence-electron chi connectivity index (χ0n) is 6.23. The molecule has 0 aliphatic rings. The number of halogens is 4. The lowest BCUT2D eigenvalue weighted by molar-refractivity contribution is -0.137. The molecule has 0 saturated heterocycles. The molecule has 0 radical (unpaired) electrons. The maximum absolute atomic E-state index is 12.3. The Morgan fingerprint density at radius 1 is 1.23 bits per heavy atom. The average Bonchev–Trinajstić information content (AvgIpc) is 2.03. The van der Waals surface area contributed by atoms with E-state index in [0.29, 0.717) is 0 Å². The van der Waals surface area contributed by atoms with E-state index in [2.05, 4.69) is 12.2 Å². The smallest absolute Gasteiger partial charge is 0.166 e. The normalized spacial score (nSPS) is 11.4. The van der Waals surface area contributed by atoms with Crippen LogP contribution in [0.4, 0.5) is 13.2 Å². The van der Waals surface area contributed by atoms with E-state index in [1.165, 1.54) is 18.2 Å². The number of thiocarbonyl (C=S) groups is 1. The first kappa shape index (κ1) is 10.5. The van der Waals surface area contributed by atoms with Crippen LogP contribution in [0.2, 0.25) is 0 Å². The van der Waals surface area contributed by atoms with Crippen molar-refractivity contribution in [1.82, 2.24) is 0 Å². The van der Waals surface area contributed by atoms with Crippen LogP contribution in [0, 0.1) is 0 Å². The third-order valence-electron chi connectivity index (χ3n) is 1.44. The van der Waals surface area contributed by atoms with Crippen molar-refractivity contribution in [3.63, 3.8) is 0 Å². The number of hydrogen-bond acceptors (Lipinski definition) is 1. The fourth-order valence-corrected chi connectivity index (χ4v) is 1.24. The van der Waals surface area contributed by atoms with Crippen LogP contribution in [-0.4, -0.2) is 4.32 Å². The third kappa shape index (κ3) is 2.42. The molecular weight excluding hydrogens is 221 g/mol. The monoisotopic (exact) mass is 224 g/mol. The zero-order chi connectivity index (χ0) is 10.1. The highest BCUT2D eigenvalue weighted by Crippen LogP contribution is 2.32. The minimum absolute atomic E-state index is 0.147. The summed E-state index contributed by atoms with van der Waals surface area (Å²) >= 11 is 9.83. The highest BCUT2D eigenvalue weighted by Gasteiger charge is 2.33. The van der Waals surface area contributed by atoms with E-state index in [-0.39, 0.29) is 9.89 Å². The maximum Gasteiger partial charge on any atom is 0.417 e. The fraction of sp³-hybridized carbons (Fsp3) is 0.125. The Morgan fingerprint density at radius 3 is 2.15 bits per heavy atom. The zero-order valence-corrected chi connectivity index (χ0v) is 7.80. The van der Waals surface area contributed by atoms with Gasteiger partial charge < -0.3 is 0 Å². The summed E-state index contributed by atoms with van der Waals surface area (Å²) in [5.74, 6) is 0. The van der Waals surface area contributed by atoms with Gasteiger partial charge in [-0.2, -0.15) is 13.2 Å². The van der Waals surface area contributed by atoms with Gasteiger partial charge in [0.2, 0.25) is 0 Å². The van der Waals surface area contributed by atoms with Crippen LogP contribution in [0.5, 0.6) is 0 Å². The summed E-state index contributed by atoms with van der Waals surface area (Å²) in [5, 5.41) is 0. The lowest BCUT2D eigenvalue weighted by atomic mass is 10.1. The summed E-state index contributed by atoms with van der Waals surface area (Å²) in [6.07, 6.45) is -4.41. The molecule has 0 atom stereocenters. The summed E-state index contributed by atoms with van der Waals surface area (Å²) in [7, 11) is 0. The quantitative estimate of drug-likeness (QED) is 0.519. The van der Waals surface area contributed by atoms with Crippen molar-refractivity contribution in [3.05, 3.63) is 35.4 Å². The second-order valence-electron chi connectivity index (χ2n) is 2.32. The molecule has 0 bridgehead atoms. The first-order chi connectivity index (χ1) is 5.93. The third-order valence-corrected chi connectivity index (χ3v) is 1.87. The Morgan fingerprint density at radius 2 is 1.77 bits per heavy atom. The SMILES string of the molecule is FC(F)(F)c1ccccc1C(=S)Cl. The summed E-state index contributed by atoms with van der Waals surface area (Å²) in [6.45, 7) is 0. The van der Waals surface area contributed by atoms with Gasteiger partial charge in [-0.05, 0) is 6.07 Å². The molecular formula is C8H4ClF3S. The number of benzene rings is 1. The molecule has 13 heavy (non-hydrogen) atoms. The topological polar surface area (TPSA) is 0 Å². The van der Waals surface area contributed by atoms with Crippen LogP contribution in [0.15, 0.2) is 24.3 Å². The second kappa shape index (κ2) is 3.64. The first-order valence-corrected chi connectivity index (χ1v) is 4.07. The van der Waals surface area contributed by atoms with Crippen LogP contribution in [-0.2, 0) is 6.18 Å². The lowest BCUT2D eigenvalue weighted by Crippen LogP contribution is -2.09. The Bertz CT molecular complexity index is 332. The molecule has 0 saturated carbocycles. The van der Waals surface area contributed by atoms with Crippen molar-refractivity contribution in [3.8, 4) is 0 Å². The summed E-state index contributed by atoms with van der Waals surface area (Å²) < 4.78 is 36.6. The van der Waals surface area contributed by atoms with Gasteiger partial charge >= 0.3 is 6.18 Å². The fourth-order valence-electron chi connectivity index (χ4n) is 0.902. The molecule has 1 aromatic carbocycles. The first-order valence-electron chi connectivity index (χ1n) is 3.29. The molecule has 0 aliphatic carbocycles. The molecule has 0 nitrogen and oxygen atoms in total. The van der Waals surface area contributed by atoms with Crippen molar-refractivity contribution in [2.24, 2.45) is 0 Å². The number of alkyl halides is 3. The van der Waals surface area contributed by atoms with Crippen molar-refractivity contribution < 1.29 is 13.2 Å². The van der Waals surface area contributed by atoms with E-state index in [1.54, 1.807) is 0 Å². The largest absolute Gasteiger partial charge is 0.417 e. The number of rotatable bonds is 1. The summed E-state index contributed by atoms with van der Waals surface area (Å²) in [5.41, 5.74) is -0.943. The summed E-state index contributed by atoms with van der Waals surface area (Å²) in [4.78, 5) is 0. The molecule has 0 amide bonds. The maximum atomic E-state index is 12.3. The predicted molar refractivity (Wildman–Crippen MR) is 49.0 cm³/mol. The molecule has 1 aromatic rings. The van der Waals surface area contributed by atoms with E-state index in [0.717, 1.165) is 6.07 Å². The minimum Gasteiger partial charge on any atom is -0.166 e. The van der Waals surface area contributed by atoms with Gasteiger partial charge in [-0.3, -0.25) is 0 Å². The second-order valence-corrected chi connectivity index (χ2v) is 3.33. The van der Waals surface area contributed by atoms with Crippen molar-refractivity contribution in [1.29, 1.82) is 0 Å². The molecule has 0 fully saturated rings. The van der Waals surface area contributed by atoms with Crippen LogP contribution in [0.25, 0.3) is 0 Å². The van der Waals surface area contributed by atoms with E-state index in [1.807, 2.05) is 0 Å². The van der Waals surface area contributed by atoms with Crippen molar-refractivity contribution in [2.75, 3.05) is 0 Å². The standard InChI is InChI=1S/C8H4ClF3S/c9-7(13)5-3-1-2-4-6(5)8(10,11)12/h1-4H. The van der Waals surface area contributed by atoms with Crippen molar-refractivity contribution in [2.45, 2.75) is 6.18 Å². The molecule has 0 spiro atoms. The molecule has 1 rings (SSSR count). The van der Waals surface area contributed by atoms with Crippen LogP contribution in [0.1, 0.15) is 11.1 Å². The van der Waals surface area contributed by atoms with Crippen LogP contribution < -0.4 is 0 Å². The van der Waals surface area contributed by atoms with Crippen LogP contribution in [0.3, 0.4) is 0 Å². The average molecular weight is 225 g/mol. The van der Waals surface area contributed by atoms with E-state index in [9.17, 15) is 13.2 Å². The molecule has 0 aliphatic heterocycles. The highest BCUT2D eigenvalue weighted by atomic mass is 35.5. The van der Waals surface area contributed by atoms with Gasteiger partial charge in [0.15, 0.2) is 0 Å².